The van der Waals surface area contributed by atoms with Gasteiger partial charge in [-0.05, 0) is 41.7 Å². The summed E-state index contributed by atoms with van der Waals surface area (Å²) in [6.07, 6.45) is 3.39. The zero-order valence-electron chi connectivity index (χ0n) is 15.1. The number of carbonyl (C=O) groups is 1. The Morgan fingerprint density at radius 2 is 2.04 bits per heavy atom. The summed E-state index contributed by atoms with van der Waals surface area (Å²) in [5.74, 6) is 0.562. The number of carbonyl (C=O) groups excluding carboxylic acids is 1. The Kier molecular flexibility index (Phi) is 4.96. The summed E-state index contributed by atoms with van der Waals surface area (Å²) in [5, 5.41) is 13.3. The normalized spacial score (nSPS) is 16.8. The van der Waals surface area contributed by atoms with E-state index >= 15 is 0 Å². The first-order valence-corrected chi connectivity index (χ1v) is 9.58. The first kappa shape index (κ1) is 17.7. The molecule has 0 saturated carbocycles. The molecule has 130 valence electrons. The zero-order chi connectivity index (χ0) is 18.0. The van der Waals surface area contributed by atoms with E-state index in [2.05, 4.69) is 32.2 Å². The minimum absolute atomic E-state index is 0.0614. The number of anilines is 1. The van der Waals surface area contributed by atoms with Crippen LogP contribution >= 0.6 is 11.3 Å². The lowest BCUT2D eigenvalue weighted by atomic mass is 9.72. The van der Waals surface area contributed by atoms with Crippen molar-refractivity contribution in [2.45, 2.75) is 46.5 Å². The van der Waals surface area contributed by atoms with Crippen LogP contribution in [0.15, 0.2) is 30.3 Å². The standard InChI is InChI=1S/C21H24N2OS/c1-21(2,3)15-9-10-16-17(13-22)20(25-18(16)12-15)23-19(24)11-14-7-5-4-6-8-14/h4-8,15H,9-12H2,1-3H3,(H,23,24)/t15-/m1/s1. The number of nitriles is 1. The SMILES string of the molecule is CC(C)(C)[C@@H]1CCc2c(sc(NC(=O)Cc3ccccc3)c2C#N)C1. The summed E-state index contributed by atoms with van der Waals surface area (Å²) >= 11 is 1.59. The number of fused-ring (bicyclic) bond motifs is 1. The second-order valence-electron chi connectivity index (χ2n) is 7.84. The van der Waals surface area contributed by atoms with Crippen LogP contribution in [0.1, 0.15) is 48.8 Å². The summed E-state index contributed by atoms with van der Waals surface area (Å²) in [5.41, 5.74) is 3.08. The first-order chi connectivity index (χ1) is 11.9. The molecular formula is C21H24N2OS. The van der Waals surface area contributed by atoms with Crippen LogP contribution in [0.2, 0.25) is 0 Å². The van der Waals surface area contributed by atoms with Crippen molar-refractivity contribution in [2.24, 2.45) is 11.3 Å². The maximum Gasteiger partial charge on any atom is 0.229 e. The van der Waals surface area contributed by atoms with Gasteiger partial charge in [-0.2, -0.15) is 5.26 Å². The second kappa shape index (κ2) is 7.01. The van der Waals surface area contributed by atoms with Gasteiger partial charge < -0.3 is 5.32 Å². The quantitative estimate of drug-likeness (QED) is 0.849. The summed E-state index contributed by atoms with van der Waals surface area (Å²) in [7, 11) is 0. The van der Waals surface area contributed by atoms with Gasteiger partial charge in [-0.15, -0.1) is 11.3 Å². The van der Waals surface area contributed by atoms with Crippen LogP contribution in [0, 0.1) is 22.7 Å². The molecule has 1 aliphatic carbocycles. The van der Waals surface area contributed by atoms with Crippen molar-refractivity contribution in [3.63, 3.8) is 0 Å². The van der Waals surface area contributed by atoms with Crippen LogP contribution in [0.25, 0.3) is 0 Å². The van der Waals surface area contributed by atoms with Crippen molar-refractivity contribution < 1.29 is 4.79 Å². The molecule has 1 atom stereocenters. The van der Waals surface area contributed by atoms with Crippen LogP contribution < -0.4 is 5.32 Å². The Balaban J connectivity index is 1.78. The molecule has 1 amide bonds. The maximum absolute atomic E-state index is 12.4. The van der Waals surface area contributed by atoms with E-state index in [4.69, 9.17) is 0 Å². The van der Waals surface area contributed by atoms with Crippen LogP contribution in [-0.4, -0.2) is 5.91 Å². The zero-order valence-corrected chi connectivity index (χ0v) is 15.9. The third-order valence-corrected chi connectivity index (χ3v) is 6.23. The number of thiophene rings is 1. The molecule has 2 aromatic rings. The minimum atomic E-state index is -0.0614. The molecule has 1 heterocycles. The molecule has 3 nitrogen and oxygen atoms in total. The third-order valence-electron chi connectivity index (χ3n) is 5.06. The van der Waals surface area contributed by atoms with E-state index in [1.165, 1.54) is 4.88 Å². The summed E-state index contributed by atoms with van der Waals surface area (Å²) < 4.78 is 0. The van der Waals surface area contributed by atoms with Gasteiger partial charge >= 0.3 is 0 Å². The Morgan fingerprint density at radius 3 is 2.68 bits per heavy atom. The highest BCUT2D eigenvalue weighted by atomic mass is 32.1. The fourth-order valence-corrected chi connectivity index (χ4v) is 4.78. The van der Waals surface area contributed by atoms with E-state index in [1.54, 1.807) is 11.3 Å². The molecule has 0 radical (unpaired) electrons. The Hall–Kier alpha value is -2.12. The summed E-state index contributed by atoms with van der Waals surface area (Å²) in [6.45, 7) is 6.85. The number of amides is 1. The molecule has 0 bridgehead atoms. The highest BCUT2D eigenvalue weighted by Crippen LogP contribution is 2.43. The largest absolute Gasteiger partial charge is 0.316 e. The predicted molar refractivity (Wildman–Crippen MR) is 103 cm³/mol. The molecule has 25 heavy (non-hydrogen) atoms. The van der Waals surface area contributed by atoms with Gasteiger partial charge in [-0.3, -0.25) is 4.79 Å². The molecular weight excluding hydrogens is 328 g/mol. The molecule has 1 aromatic carbocycles. The van der Waals surface area contributed by atoms with E-state index in [9.17, 15) is 10.1 Å². The van der Waals surface area contributed by atoms with Gasteiger partial charge in [0.1, 0.15) is 11.1 Å². The van der Waals surface area contributed by atoms with Crippen molar-refractivity contribution in [3.05, 3.63) is 51.9 Å². The molecule has 0 unspecified atom stereocenters. The van der Waals surface area contributed by atoms with Gasteiger partial charge in [0.15, 0.2) is 0 Å². The van der Waals surface area contributed by atoms with E-state index < -0.39 is 0 Å². The van der Waals surface area contributed by atoms with Crippen LogP contribution in [0.3, 0.4) is 0 Å². The molecule has 4 heteroatoms. The van der Waals surface area contributed by atoms with Crippen LogP contribution in [0.4, 0.5) is 5.00 Å². The molecule has 1 aliphatic rings. The second-order valence-corrected chi connectivity index (χ2v) is 8.94. The average Bonchev–Trinajstić information content (AvgIpc) is 2.90. The van der Waals surface area contributed by atoms with Gasteiger partial charge in [0.25, 0.3) is 0 Å². The first-order valence-electron chi connectivity index (χ1n) is 8.77. The van der Waals surface area contributed by atoms with Gasteiger partial charge in [0, 0.05) is 4.88 Å². The third kappa shape index (κ3) is 3.93. The number of rotatable bonds is 3. The lowest BCUT2D eigenvalue weighted by Gasteiger charge is -2.33. The maximum atomic E-state index is 12.4. The number of hydrogen-bond acceptors (Lipinski definition) is 3. The molecule has 0 fully saturated rings. The lowest BCUT2D eigenvalue weighted by Crippen LogP contribution is -2.26. The Bertz CT molecular complexity index is 809. The molecule has 1 N–H and O–H groups in total. The van der Waals surface area contributed by atoms with Crippen LogP contribution in [0.5, 0.6) is 0 Å². The highest BCUT2D eigenvalue weighted by Gasteiger charge is 2.32. The summed E-state index contributed by atoms with van der Waals surface area (Å²) in [4.78, 5) is 13.6. The topological polar surface area (TPSA) is 52.9 Å². The van der Waals surface area contributed by atoms with E-state index in [0.29, 0.717) is 17.9 Å². The molecule has 0 saturated heterocycles. The van der Waals surface area contributed by atoms with Gasteiger partial charge in [0.2, 0.25) is 5.91 Å². The average molecular weight is 353 g/mol. The smallest absolute Gasteiger partial charge is 0.229 e. The van der Waals surface area contributed by atoms with E-state index in [-0.39, 0.29) is 11.3 Å². The Labute approximate surface area is 153 Å². The van der Waals surface area contributed by atoms with Crippen molar-refractivity contribution in [2.75, 3.05) is 5.32 Å². The lowest BCUT2D eigenvalue weighted by molar-refractivity contribution is -0.115. The minimum Gasteiger partial charge on any atom is -0.316 e. The van der Waals surface area contributed by atoms with E-state index in [1.807, 2.05) is 30.3 Å². The monoisotopic (exact) mass is 352 g/mol. The highest BCUT2D eigenvalue weighted by molar-refractivity contribution is 7.16. The van der Waals surface area contributed by atoms with Gasteiger partial charge in [-0.1, -0.05) is 51.1 Å². The predicted octanol–water partition coefficient (Wildman–Crippen LogP) is 4.95. The number of nitrogens with zero attached hydrogens (tertiary/aromatic N) is 1. The van der Waals surface area contributed by atoms with Gasteiger partial charge in [-0.25, -0.2) is 0 Å². The molecule has 1 aromatic heterocycles. The van der Waals surface area contributed by atoms with E-state index in [0.717, 1.165) is 35.4 Å². The summed E-state index contributed by atoms with van der Waals surface area (Å²) in [6, 6.07) is 12.0. The van der Waals surface area contributed by atoms with Crippen molar-refractivity contribution in [1.82, 2.24) is 0 Å². The number of nitrogens with one attached hydrogen (secondary N) is 1. The number of benzene rings is 1. The molecule has 0 aliphatic heterocycles. The van der Waals surface area contributed by atoms with Gasteiger partial charge in [0.05, 0.1) is 12.0 Å². The molecule has 0 spiro atoms. The van der Waals surface area contributed by atoms with Crippen molar-refractivity contribution >= 4 is 22.2 Å². The fraction of sp³-hybridized carbons (Fsp3) is 0.429. The number of hydrogen-bond donors (Lipinski definition) is 1. The van der Waals surface area contributed by atoms with Crippen LogP contribution in [-0.2, 0) is 24.1 Å². The fourth-order valence-electron chi connectivity index (χ4n) is 3.48. The van der Waals surface area contributed by atoms with Crippen molar-refractivity contribution in [1.29, 1.82) is 5.26 Å². The Morgan fingerprint density at radius 1 is 1.32 bits per heavy atom. The van der Waals surface area contributed by atoms with Crippen molar-refractivity contribution in [3.8, 4) is 6.07 Å². The molecule has 3 rings (SSSR count).